The molecule has 1 aliphatic carbocycles. The van der Waals surface area contributed by atoms with Crippen LogP contribution in [0.5, 0.6) is 0 Å². The van der Waals surface area contributed by atoms with Crippen molar-refractivity contribution in [3.05, 3.63) is 54.4 Å². The Bertz CT molecular complexity index is 700. The number of nitrogens with zero attached hydrogens (tertiary/aromatic N) is 3. The number of halogens is 1. The molecule has 2 heterocycles. The van der Waals surface area contributed by atoms with Crippen LogP contribution in [0.15, 0.2) is 43.0 Å². The summed E-state index contributed by atoms with van der Waals surface area (Å²) in [4.78, 5) is 18.8. The Morgan fingerprint density at radius 3 is 3.04 bits per heavy atom. The molecule has 1 amide bonds. The van der Waals surface area contributed by atoms with Gasteiger partial charge >= 0.3 is 0 Å². The van der Waals surface area contributed by atoms with Crippen molar-refractivity contribution in [2.45, 2.75) is 31.2 Å². The van der Waals surface area contributed by atoms with Crippen LogP contribution < -0.4 is 0 Å². The molecule has 120 valence electrons. The Hall–Kier alpha value is -2.17. The second kappa shape index (κ2) is 5.80. The van der Waals surface area contributed by atoms with Gasteiger partial charge in [0.25, 0.3) is 0 Å². The normalized spacial score (nSPS) is 27.0. The third-order valence-electron chi connectivity index (χ3n) is 5.04. The Morgan fingerprint density at radius 1 is 1.35 bits per heavy atom. The van der Waals surface area contributed by atoms with Crippen LogP contribution in [-0.4, -0.2) is 33.4 Å². The van der Waals surface area contributed by atoms with E-state index in [1.165, 1.54) is 6.07 Å². The molecule has 0 spiro atoms. The zero-order valence-electron chi connectivity index (χ0n) is 12.9. The van der Waals surface area contributed by atoms with E-state index in [-0.39, 0.29) is 23.6 Å². The van der Waals surface area contributed by atoms with Gasteiger partial charge in [0.15, 0.2) is 0 Å². The van der Waals surface area contributed by atoms with E-state index in [1.54, 1.807) is 18.3 Å². The maximum atomic E-state index is 13.3. The first-order valence-corrected chi connectivity index (χ1v) is 8.24. The van der Waals surface area contributed by atoms with Crippen molar-refractivity contribution in [3.63, 3.8) is 0 Å². The van der Waals surface area contributed by atoms with Gasteiger partial charge in [-0.25, -0.2) is 9.37 Å². The van der Waals surface area contributed by atoms with Crippen LogP contribution in [0.3, 0.4) is 0 Å². The first-order chi connectivity index (χ1) is 11.2. The number of hydrogen-bond donors (Lipinski definition) is 0. The standard InChI is InChI=1S/C18H20FN3O/c19-14-4-1-3-13(9-14)16-10-17(16)18(23)21-7-2-5-15(11-21)22-8-6-20-12-22/h1,3-4,6,8-9,12,15-17H,2,5,7,10-11H2/t15-,16+,17-/m1/s1. The molecular weight excluding hydrogens is 293 g/mol. The summed E-state index contributed by atoms with van der Waals surface area (Å²) in [6, 6.07) is 6.97. The van der Waals surface area contributed by atoms with E-state index in [0.29, 0.717) is 6.04 Å². The maximum Gasteiger partial charge on any atom is 0.226 e. The molecule has 23 heavy (non-hydrogen) atoms. The van der Waals surface area contributed by atoms with Gasteiger partial charge in [-0.1, -0.05) is 12.1 Å². The Labute approximate surface area is 134 Å². The molecule has 0 bridgehead atoms. The van der Waals surface area contributed by atoms with Crippen molar-refractivity contribution in [2.24, 2.45) is 5.92 Å². The second-order valence-corrected chi connectivity index (χ2v) is 6.59. The maximum absolute atomic E-state index is 13.3. The summed E-state index contributed by atoms with van der Waals surface area (Å²) in [6.07, 6.45) is 8.51. The molecule has 1 saturated carbocycles. The minimum absolute atomic E-state index is 0.0262. The Kier molecular flexibility index (Phi) is 3.63. The lowest BCUT2D eigenvalue weighted by Crippen LogP contribution is -2.41. The molecule has 5 heteroatoms. The number of imidazole rings is 1. The molecule has 3 atom stereocenters. The summed E-state index contributed by atoms with van der Waals surface area (Å²) in [5.74, 6) is 0.216. The highest BCUT2D eigenvalue weighted by Crippen LogP contribution is 2.48. The number of rotatable bonds is 3. The second-order valence-electron chi connectivity index (χ2n) is 6.59. The van der Waals surface area contributed by atoms with Crippen molar-refractivity contribution < 1.29 is 9.18 Å². The summed E-state index contributed by atoms with van der Waals surface area (Å²) >= 11 is 0. The first kappa shape index (κ1) is 14.4. The van der Waals surface area contributed by atoms with Crippen molar-refractivity contribution in [3.8, 4) is 0 Å². The van der Waals surface area contributed by atoms with Gasteiger partial charge in [-0.3, -0.25) is 4.79 Å². The van der Waals surface area contributed by atoms with E-state index in [9.17, 15) is 9.18 Å². The topological polar surface area (TPSA) is 38.1 Å². The minimum Gasteiger partial charge on any atom is -0.340 e. The van der Waals surface area contributed by atoms with E-state index >= 15 is 0 Å². The third-order valence-corrected chi connectivity index (χ3v) is 5.04. The molecule has 4 nitrogen and oxygen atoms in total. The lowest BCUT2D eigenvalue weighted by atomic mass is 10.0. The Morgan fingerprint density at radius 2 is 2.26 bits per heavy atom. The fourth-order valence-corrected chi connectivity index (χ4v) is 3.69. The van der Waals surface area contributed by atoms with Gasteiger partial charge in [0.05, 0.1) is 12.4 Å². The predicted octanol–water partition coefficient (Wildman–Crippen LogP) is 2.99. The van der Waals surface area contributed by atoms with Gasteiger partial charge in [-0.2, -0.15) is 0 Å². The number of hydrogen-bond acceptors (Lipinski definition) is 2. The van der Waals surface area contributed by atoms with Crippen molar-refractivity contribution in [2.75, 3.05) is 13.1 Å². The van der Waals surface area contributed by atoms with Crippen LogP contribution in [-0.2, 0) is 4.79 Å². The molecule has 4 rings (SSSR count). The lowest BCUT2D eigenvalue weighted by molar-refractivity contribution is -0.134. The van der Waals surface area contributed by atoms with Gasteiger partial charge in [-0.05, 0) is 42.9 Å². The first-order valence-electron chi connectivity index (χ1n) is 8.24. The molecule has 1 saturated heterocycles. The molecule has 1 aromatic carbocycles. The van der Waals surface area contributed by atoms with Crippen molar-refractivity contribution in [1.29, 1.82) is 0 Å². The average molecular weight is 313 g/mol. The summed E-state index contributed by atoms with van der Waals surface area (Å²) < 4.78 is 15.4. The highest BCUT2D eigenvalue weighted by molar-refractivity contribution is 5.83. The summed E-state index contributed by atoms with van der Waals surface area (Å²) in [5.41, 5.74) is 0.950. The molecule has 0 unspecified atom stereocenters. The van der Waals surface area contributed by atoms with Crippen molar-refractivity contribution in [1.82, 2.24) is 14.5 Å². The highest BCUT2D eigenvalue weighted by atomic mass is 19.1. The molecular formula is C18H20FN3O. The molecule has 2 fully saturated rings. The monoisotopic (exact) mass is 313 g/mol. The number of benzene rings is 1. The van der Waals surface area contributed by atoms with Gasteiger partial charge < -0.3 is 9.47 Å². The number of aromatic nitrogens is 2. The zero-order valence-corrected chi connectivity index (χ0v) is 12.9. The molecule has 0 radical (unpaired) electrons. The fraction of sp³-hybridized carbons (Fsp3) is 0.444. The molecule has 1 aliphatic heterocycles. The molecule has 2 aliphatic rings. The fourth-order valence-electron chi connectivity index (χ4n) is 3.69. The lowest BCUT2D eigenvalue weighted by Gasteiger charge is -2.33. The van der Waals surface area contributed by atoms with Crippen LogP contribution in [0.4, 0.5) is 4.39 Å². The van der Waals surface area contributed by atoms with E-state index < -0.39 is 0 Å². The smallest absolute Gasteiger partial charge is 0.226 e. The molecule has 0 N–H and O–H groups in total. The Balaban J connectivity index is 1.42. The molecule has 2 aromatic rings. The minimum atomic E-state index is -0.223. The van der Waals surface area contributed by atoms with Gasteiger partial charge in [-0.15, -0.1) is 0 Å². The number of carbonyl (C=O) groups excluding carboxylic acids is 1. The molecule has 1 aromatic heterocycles. The van der Waals surface area contributed by atoms with Crippen LogP contribution in [0, 0.1) is 11.7 Å². The third kappa shape index (κ3) is 2.87. The number of amides is 1. The van der Waals surface area contributed by atoms with E-state index in [1.807, 2.05) is 23.5 Å². The van der Waals surface area contributed by atoms with Crippen LogP contribution >= 0.6 is 0 Å². The quantitative estimate of drug-likeness (QED) is 0.874. The predicted molar refractivity (Wildman–Crippen MR) is 84.3 cm³/mol. The van der Waals surface area contributed by atoms with E-state index in [0.717, 1.165) is 37.9 Å². The van der Waals surface area contributed by atoms with Crippen LogP contribution in [0.25, 0.3) is 0 Å². The van der Waals surface area contributed by atoms with Gasteiger partial charge in [0, 0.05) is 31.4 Å². The summed E-state index contributed by atoms with van der Waals surface area (Å²) in [6.45, 7) is 1.58. The number of piperidine rings is 1. The van der Waals surface area contributed by atoms with E-state index in [4.69, 9.17) is 0 Å². The average Bonchev–Trinajstić information content (AvgIpc) is 3.19. The number of likely N-dealkylation sites (tertiary alicyclic amines) is 1. The largest absolute Gasteiger partial charge is 0.340 e. The van der Waals surface area contributed by atoms with E-state index in [2.05, 4.69) is 9.55 Å². The summed E-state index contributed by atoms with van der Waals surface area (Å²) in [5, 5.41) is 0. The van der Waals surface area contributed by atoms with Crippen molar-refractivity contribution >= 4 is 5.91 Å². The SMILES string of the molecule is O=C([C@@H]1C[C@H]1c1cccc(F)c1)N1CCC[C@@H](n2ccnc2)C1. The number of carbonyl (C=O) groups is 1. The van der Waals surface area contributed by atoms with Gasteiger partial charge in [0.1, 0.15) is 5.82 Å². The van der Waals surface area contributed by atoms with Gasteiger partial charge in [0.2, 0.25) is 5.91 Å². The van der Waals surface area contributed by atoms with Crippen LogP contribution in [0.1, 0.15) is 36.8 Å². The summed E-state index contributed by atoms with van der Waals surface area (Å²) in [7, 11) is 0. The zero-order chi connectivity index (χ0) is 15.8. The highest BCUT2D eigenvalue weighted by Gasteiger charge is 2.46. The van der Waals surface area contributed by atoms with Crippen LogP contribution in [0.2, 0.25) is 0 Å².